The summed E-state index contributed by atoms with van der Waals surface area (Å²) in [5.74, 6) is 1.68. The third-order valence-electron chi connectivity index (χ3n) is 14.9. The zero-order valence-corrected chi connectivity index (χ0v) is 45.0. The summed E-state index contributed by atoms with van der Waals surface area (Å²) in [6.07, 6.45) is 6.49. The molecule has 0 spiro atoms. The van der Waals surface area contributed by atoms with Crippen LogP contribution in [0.4, 0.5) is 0 Å². The predicted octanol–water partition coefficient (Wildman–Crippen LogP) is 11.8. The fourth-order valence-electron chi connectivity index (χ4n) is 11.1. The van der Waals surface area contributed by atoms with Crippen LogP contribution in [-0.2, 0) is 38.1 Å². The summed E-state index contributed by atoms with van der Waals surface area (Å²) in [5.41, 5.74) is 7.32. The fraction of sp³-hybridized carbons (Fsp3) is 0.400. The molecule has 6 aromatic rings. The molecular formula is C60H66Cl2N4O10. The highest BCUT2D eigenvalue weighted by Crippen LogP contribution is 2.46. The molecule has 0 radical (unpaired) electrons. The van der Waals surface area contributed by atoms with Crippen LogP contribution in [0.1, 0.15) is 123 Å². The number of likely N-dealkylation sites (tertiary alicyclic amines) is 2. The Hall–Kier alpha value is -6.58. The van der Waals surface area contributed by atoms with Gasteiger partial charge in [0.25, 0.3) is 0 Å². The Labute approximate surface area is 454 Å². The van der Waals surface area contributed by atoms with Crippen molar-refractivity contribution in [1.29, 1.82) is 0 Å². The molecule has 0 aliphatic carbocycles. The third-order valence-corrected chi connectivity index (χ3v) is 15.4. The van der Waals surface area contributed by atoms with E-state index < -0.39 is 24.4 Å². The number of hydrogen-bond donors (Lipinski definition) is 0. The molecule has 0 unspecified atom stereocenters. The number of halogens is 2. The Morgan fingerprint density at radius 1 is 0.513 bits per heavy atom. The molecule has 0 bridgehead atoms. The van der Waals surface area contributed by atoms with Crippen molar-refractivity contribution in [2.45, 2.75) is 89.6 Å². The highest BCUT2D eigenvalue weighted by Gasteiger charge is 2.37. The number of carbonyl (C=O) groups is 4. The Morgan fingerprint density at radius 2 is 0.908 bits per heavy atom. The second-order valence-electron chi connectivity index (χ2n) is 19.6. The van der Waals surface area contributed by atoms with Crippen molar-refractivity contribution in [2.24, 2.45) is 11.8 Å². The molecule has 0 N–H and O–H groups in total. The van der Waals surface area contributed by atoms with E-state index in [1.807, 2.05) is 145 Å². The topological polar surface area (TPSA) is 140 Å². The molecule has 76 heavy (non-hydrogen) atoms. The lowest BCUT2D eigenvalue weighted by Gasteiger charge is -2.33. The van der Waals surface area contributed by atoms with Crippen LogP contribution in [0.2, 0.25) is 10.0 Å². The molecule has 2 saturated heterocycles. The van der Waals surface area contributed by atoms with Gasteiger partial charge in [-0.15, -0.1) is 0 Å². The van der Waals surface area contributed by atoms with Gasteiger partial charge in [-0.2, -0.15) is 0 Å². The monoisotopic (exact) mass is 1070 g/mol. The summed E-state index contributed by atoms with van der Waals surface area (Å²) in [7, 11) is 3.29. The molecule has 2 aromatic heterocycles. The van der Waals surface area contributed by atoms with Crippen molar-refractivity contribution in [2.75, 3.05) is 53.6 Å². The van der Waals surface area contributed by atoms with Crippen molar-refractivity contribution < 1.29 is 47.6 Å². The van der Waals surface area contributed by atoms with Crippen LogP contribution in [0.5, 0.6) is 11.5 Å². The van der Waals surface area contributed by atoms with Crippen LogP contribution in [0.15, 0.2) is 122 Å². The van der Waals surface area contributed by atoms with Crippen molar-refractivity contribution in [1.82, 2.24) is 18.9 Å². The minimum atomic E-state index is -0.479. The van der Waals surface area contributed by atoms with Gasteiger partial charge in [0.05, 0.1) is 63.0 Å². The maximum absolute atomic E-state index is 13.5. The summed E-state index contributed by atoms with van der Waals surface area (Å²) in [6, 6.07) is 35.1. The second-order valence-corrected chi connectivity index (χ2v) is 20.5. The SMILES string of the molecule is CCOC(=O)CC1CCN(C(=O)C[C@@H]2O[C@@H](c3ccccc3OC)c3cc(Cl)ccc3-n3cccc32)CC1.CCOC(=O)CC1CCN(C(=O)C[C@H]2O[C@H](c3ccccc3OC)c3cc(Cl)ccc3-n3cccc32)CC1. The molecule has 4 aromatic carbocycles. The molecule has 4 atom stereocenters. The van der Waals surface area contributed by atoms with Crippen molar-refractivity contribution in [3.8, 4) is 22.9 Å². The van der Waals surface area contributed by atoms with E-state index in [9.17, 15) is 19.2 Å². The molecule has 16 heteroatoms. The van der Waals surface area contributed by atoms with Gasteiger partial charge in [-0.05, 0) is 124 Å². The van der Waals surface area contributed by atoms with Crippen LogP contribution >= 0.6 is 23.2 Å². The average Bonchev–Trinajstić information content (AvgIpc) is 4.10. The molecular weight excluding hydrogens is 1010 g/mol. The summed E-state index contributed by atoms with van der Waals surface area (Å²) in [5, 5.41) is 1.22. The number of esters is 2. The Morgan fingerprint density at radius 3 is 1.29 bits per heavy atom. The number of ether oxygens (including phenoxy) is 6. The van der Waals surface area contributed by atoms with E-state index in [0.717, 1.165) is 70.7 Å². The largest absolute Gasteiger partial charge is 0.496 e. The van der Waals surface area contributed by atoms with E-state index in [0.29, 0.717) is 73.8 Å². The first kappa shape index (κ1) is 54.2. The zero-order valence-electron chi connectivity index (χ0n) is 43.5. The number of fused-ring (bicyclic) bond motifs is 6. The van der Waals surface area contributed by atoms with Crippen LogP contribution in [-0.4, -0.2) is 96.3 Å². The van der Waals surface area contributed by atoms with Crippen molar-refractivity contribution in [3.05, 3.63) is 165 Å². The summed E-state index contributed by atoms with van der Waals surface area (Å²) in [4.78, 5) is 54.6. The number of para-hydroxylation sites is 2. The highest BCUT2D eigenvalue weighted by atomic mass is 35.5. The molecule has 0 saturated carbocycles. The number of carbonyl (C=O) groups excluding carboxylic acids is 4. The lowest BCUT2D eigenvalue weighted by molar-refractivity contribution is -0.146. The summed E-state index contributed by atoms with van der Waals surface area (Å²) < 4.78 is 39.3. The van der Waals surface area contributed by atoms with E-state index >= 15 is 0 Å². The normalized spacial score (nSPS) is 19.3. The maximum Gasteiger partial charge on any atom is 0.306 e. The average molecular weight is 1070 g/mol. The Balaban J connectivity index is 0.000000186. The van der Waals surface area contributed by atoms with Gasteiger partial charge in [-0.25, -0.2) is 0 Å². The molecule has 14 nitrogen and oxygen atoms in total. The quantitative estimate of drug-likeness (QED) is 0.0968. The maximum atomic E-state index is 13.5. The first-order chi connectivity index (χ1) is 37.0. The van der Waals surface area contributed by atoms with Crippen LogP contribution in [0.3, 0.4) is 0 Å². The first-order valence-electron chi connectivity index (χ1n) is 26.3. The van der Waals surface area contributed by atoms with Gasteiger partial charge in [0.15, 0.2) is 0 Å². The number of amides is 2. The van der Waals surface area contributed by atoms with Gasteiger partial charge >= 0.3 is 11.9 Å². The number of methoxy groups -OCH3 is 2. The number of benzene rings is 4. The van der Waals surface area contributed by atoms with E-state index in [4.69, 9.17) is 51.6 Å². The highest BCUT2D eigenvalue weighted by molar-refractivity contribution is 6.31. The number of aromatic nitrogens is 2. The lowest BCUT2D eigenvalue weighted by atomic mass is 9.93. The first-order valence-corrected chi connectivity index (χ1v) is 27.1. The molecule has 2 amide bonds. The molecule has 4 aliphatic heterocycles. The van der Waals surface area contributed by atoms with Crippen molar-refractivity contribution >= 4 is 47.0 Å². The van der Waals surface area contributed by atoms with Gasteiger partial charge in [0.1, 0.15) is 35.9 Å². The molecule has 4 aliphatic rings. The van der Waals surface area contributed by atoms with Gasteiger partial charge < -0.3 is 47.4 Å². The Kier molecular flexibility index (Phi) is 17.9. The second kappa shape index (κ2) is 25.1. The number of rotatable bonds is 14. The standard InChI is InChI=1S/2C30H33ClN2O5/c2*1-3-37-29(35)17-20-12-15-32(16-13-20)28(34)19-27-25-8-6-14-33(25)24-11-10-21(31)18-23(24)30(38-27)22-7-4-5-9-26(22)36-2/h2*4-11,14,18,20,27,30H,3,12-13,15-17,19H2,1-2H3/t2*27-,30-/m10/s1. The minimum Gasteiger partial charge on any atom is -0.496 e. The van der Waals surface area contributed by atoms with Crippen LogP contribution < -0.4 is 9.47 Å². The lowest BCUT2D eigenvalue weighted by Crippen LogP contribution is -2.39. The smallest absolute Gasteiger partial charge is 0.306 e. The molecule has 2 fully saturated rings. The van der Waals surface area contributed by atoms with Gasteiger partial charge in [0, 0.05) is 83.7 Å². The predicted molar refractivity (Wildman–Crippen MR) is 289 cm³/mol. The number of hydrogen-bond acceptors (Lipinski definition) is 10. The fourth-order valence-corrected chi connectivity index (χ4v) is 11.4. The molecule has 10 rings (SSSR count). The van der Waals surface area contributed by atoms with Gasteiger partial charge in [-0.1, -0.05) is 59.6 Å². The minimum absolute atomic E-state index is 0.0418. The summed E-state index contributed by atoms with van der Waals surface area (Å²) in [6.45, 7) is 6.93. The van der Waals surface area contributed by atoms with E-state index in [1.165, 1.54) is 0 Å². The summed E-state index contributed by atoms with van der Waals surface area (Å²) >= 11 is 12.9. The number of piperidine rings is 2. The third kappa shape index (κ3) is 12.3. The van der Waals surface area contributed by atoms with E-state index in [2.05, 4.69) is 9.13 Å². The zero-order chi connectivity index (χ0) is 53.3. The molecule has 6 heterocycles. The van der Waals surface area contributed by atoms with E-state index in [-0.39, 0.29) is 48.4 Å². The van der Waals surface area contributed by atoms with E-state index in [1.54, 1.807) is 14.2 Å². The van der Waals surface area contributed by atoms with Gasteiger partial charge in [-0.3, -0.25) is 19.2 Å². The van der Waals surface area contributed by atoms with Crippen LogP contribution in [0, 0.1) is 11.8 Å². The number of nitrogens with zero attached hydrogens (tertiary/aromatic N) is 4. The molecule has 400 valence electrons. The van der Waals surface area contributed by atoms with Gasteiger partial charge in [0.2, 0.25) is 11.8 Å². The Bertz CT molecular complexity index is 2790. The van der Waals surface area contributed by atoms with Crippen molar-refractivity contribution in [3.63, 3.8) is 0 Å². The van der Waals surface area contributed by atoms with Crippen LogP contribution in [0.25, 0.3) is 11.4 Å².